The molecule has 88 valence electrons. The lowest BCUT2D eigenvalue weighted by Gasteiger charge is -2.00. The van der Waals surface area contributed by atoms with Gasteiger partial charge in [0, 0.05) is 13.0 Å². The van der Waals surface area contributed by atoms with E-state index in [0.717, 1.165) is 10.9 Å². The van der Waals surface area contributed by atoms with Gasteiger partial charge >= 0.3 is 0 Å². The van der Waals surface area contributed by atoms with E-state index < -0.39 is 0 Å². The minimum atomic E-state index is 0.0523. The maximum atomic E-state index is 11.3. The number of carbonyl (C=O) groups excluding carboxylic acids is 1. The molecule has 1 fully saturated rings. The van der Waals surface area contributed by atoms with E-state index in [4.69, 9.17) is 5.73 Å². The quantitative estimate of drug-likeness (QED) is 0.775. The third kappa shape index (κ3) is 2.38. The van der Waals surface area contributed by atoms with Gasteiger partial charge in [-0.25, -0.2) is 0 Å². The average molecular weight is 238 g/mol. The molecule has 0 spiro atoms. The molecule has 1 heterocycles. The molecule has 0 radical (unpaired) electrons. The molecule has 1 aromatic rings. The Kier molecular flexibility index (Phi) is 3.19. The standard InChI is InChI=1S/C12H18N2OS/c1-3-4-8-5-10(8)14-11-6-9(13)12(16-11)7(2)15/h6,8,10,14H,3-5,13H2,1-2H3. The van der Waals surface area contributed by atoms with Gasteiger partial charge in [0.1, 0.15) is 0 Å². The summed E-state index contributed by atoms with van der Waals surface area (Å²) in [6.45, 7) is 3.77. The normalized spacial score (nSPS) is 23.1. The number of nitrogen functional groups attached to an aromatic ring is 1. The lowest BCUT2D eigenvalue weighted by atomic mass is 10.2. The minimum Gasteiger partial charge on any atom is -0.397 e. The topological polar surface area (TPSA) is 55.1 Å². The highest BCUT2D eigenvalue weighted by atomic mass is 32.1. The van der Waals surface area contributed by atoms with Gasteiger partial charge in [-0.3, -0.25) is 4.79 Å². The third-order valence-electron chi connectivity index (χ3n) is 2.99. The number of carbonyl (C=O) groups is 1. The highest BCUT2D eigenvalue weighted by Gasteiger charge is 2.36. The Morgan fingerprint density at radius 3 is 3.00 bits per heavy atom. The molecule has 1 aliphatic rings. The van der Waals surface area contributed by atoms with Crippen LogP contribution in [-0.4, -0.2) is 11.8 Å². The summed E-state index contributed by atoms with van der Waals surface area (Å²) in [4.78, 5) is 11.9. The molecule has 3 nitrogen and oxygen atoms in total. The summed E-state index contributed by atoms with van der Waals surface area (Å²) in [6, 6.07) is 2.47. The van der Waals surface area contributed by atoms with Crippen LogP contribution in [0.4, 0.5) is 10.7 Å². The number of ketones is 1. The first-order valence-electron chi connectivity index (χ1n) is 5.78. The van der Waals surface area contributed by atoms with Gasteiger partial charge < -0.3 is 11.1 Å². The van der Waals surface area contributed by atoms with Crippen LogP contribution >= 0.6 is 11.3 Å². The van der Waals surface area contributed by atoms with Gasteiger partial charge in [-0.05, 0) is 24.8 Å². The second kappa shape index (κ2) is 4.45. The second-order valence-electron chi connectivity index (χ2n) is 4.49. The van der Waals surface area contributed by atoms with E-state index in [-0.39, 0.29) is 5.78 Å². The molecule has 2 unspecified atom stereocenters. The molecule has 1 aliphatic carbocycles. The number of Topliss-reactive ketones (excluding diaryl/α,β-unsaturated/α-hetero) is 1. The maximum Gasteiger partial charge on any atom is 0.171 e. The van der Waals surface area contributed by atoms with Crippen LogP contribution in [0.5, 0.6) is 0 Å². The van der Waals surface area contributed by atoms with Crippen molar-refractivity contribution in [2.75, 3.05) is 11.1 Å². The largest absolute Gasteiger partial charge is 0.397 e. The minimum absolute atomic E-state index is 0.0523. The number of nitrogens with two attached hydrogens (primary N) is 1. The molecule has 0 saturated heterocycles. The molecule has 1 aromatic heterocycles. The molecule has 0 aliphatic heterocycles. The summed E-state index contributed by atoms with van der Waals surface area (Å²) in [6.07, 6.45) is 3.78. The number of anilines is 2. The summed E-state index contributed by atoms with van der Waals surface area (Å²) in [5.41, 5.74) is 6.39. The number of thiophene rings is 1. The van der Waals surface area contributed by atoms with Gasteiger partial charge in [0.15, 0.2) is 5.78 Å². The predicted molar refractivity (Wildman–Crippen MR) is 69.2 cm³/mol. The highest BCUT2D eigenvalue weighted by Crippen LogP contribution is 2.39. The van der Waals surface area contributed by atoms with Crippen molar-refractivity contribution >= 4 is 27.8 Å². The zero-order valence-electron chi connectivity index (χ0n) is 9.75. The Labute approximate surface area is 100 Å². The molecular formula is C12H18N2OS. The van der Waals surface area contributed by atoms with Gasteiger partial charge in [0.2, 0.25) is 0 Å². The van der Waals surface area contributed by atoms with Crippen LogP contribution in [-0.2, 0) is 0 Å². The SMILES string of the molecule is CCCC1CC1Nc1cc(N)c(C(C)=O)s1. The highest BCUT2D eigenvalue weighted by molar-refractivity contribution is 7.18. The smallest absolute Gasteiger partial charge is 0.171 e. The molecule has 0 aromatic carbocycles. The molecular weight excluding hydrogens is 220 g/mol. The van der Waals surface area contributed by atoms with Gasteiger partial charge in [0.05, 0.1) is 15.6 Å². The van der Waals surface area contributed by atoms with Crippen molar-refractivity contribution in [1.29, 1.82) is 0 Å². The van der Waals surface area contributed by atoms with E-state index in [1.165, 1.54) is 30.6 Å². The molecule has 2 atom stereocenters. The van der Waals surface area contributed by atoms with Gasteiger partial charge in [0.25, 0.3) is 0 Å². The van der Waals surface area contributed by atoms with Crippen LogP contribution in [0, 0.1) is 5.92 Å². The summed E-state index contributed by atoms with van der Waals surface area (Å²) in [7, 11) is 0. The van der Waals surface area contributed by atoms with E-state index in [2.05, 4.69) is 12.2 Å². The van der Waals surface area contributed by atoms with E-state index in [1.807, 2.05) is 6.07 Å². The Hall–Kier alpha value is -1.03. The van der Waals surface area contributed by atoms with Crippen molar-refractivity contribution in [3.63, 3.8) is 0 Å². The van der Waals surface area contributed by atoms with E-state index in [9.17, 15) is 4.79 Å². The molecule has 3 N–H and O–H groups in total. The van der Waals surface area contributed by atoms with Crippen molar-refractivity contribution in [2.24, 2.45) is 5.92 Å². The Morgan fingerprint density at radius 1 is 1.69 bits per heavy atom. The Balaban J connectivity index is 1.96. The molecule has 2 rings (SSSR count). The van der Waals surface area contributed by atoms with Gasteiger partial charge in [-0.1, -0.05) is 13.3 Å². The molecule has 4 heteroatoms. The summed E-state index contributed by atoms with van der Waals surface area (Å²) in [5, 5.41) is 4.49. The van der Waals surface area contributed by atoms with Gasteiger partial charge in [-0.2, -0.15) is 0 Å². The first-order chi connectivity index (χ1) is 7.61. The number of nitrogens with one attached hydrogen (secondary N) is 1. The van der Waals surface area contributed by atoms with Crippen LogP contribution in [0.3, 0.4) is 0 Å². The first kappa shape index (κ1) is 11.5. The Bertz CT molecular complexity index is 400. The van der Waals surface area contributed by atoms with E-state index >= 15 is 0 Å². The maximum absolute atomic E-state index is 11.3. The van der Waals surface area contributed by atoms with Crippen molar-refractivity contribution in [1.82, 2.24) is 0 Å². The zero-order chi connectivity index (χ0) is 11.7. The van der Waals surface area contributed by atoms with Crippen LogP contribution in [0.2, 0.25) is 0 Å². The number of hydrogen-bond acceptors (Lipinski definition) is 4. The van der Waals surface area contributed by atoms with Crippen LogP contribution in [0.25, 0.3) is 0 Å². The number of rotatable bonds is 5. The lowest BCUT2D eigenvalue weighted by Crippen LogP contribution is -2.02. The van der Waals surface area contributed by atoms with Crippen molar-refractivity contribution < 1.29 is 4.79 Å². The summed E-state index contributed by atoms with van der Waals surface area (Å²) >= 11 is 1.47. The van der Waals surface area contributed by atoms with Crippen molar-refractivity contribution in [2.45, 2.75) is 39.2 Å². The first-order valence-corrected chi connectivity index (χ1v) is 6.60. The molecule has 16 heavy (non-hydrogen) atoms. The van der Waals surface area contributed by atoms with Gasteiger partial charge in [-0.15, -0.1) is 11.3 Å². The lowest BCUT2D eigenvalue weighted by molar-refractivity contribution is 0.102. The summed E-state index contributed by atoms with van der Waals surface area (Å²) in [5.74, 6) is 0.866. The molecule has 0 bridgehead atoms. The van der Waals surface area contributed by atoms with Crippen LogP contribution < -0.4 is 11.1 Å². The van der Waals surface area contributed by atoms with Crippen molar-refractivity contribution in [3.05, 3.63) is 10.9 Å². The average Bonchev–Trinajstić information content (AvgIpc) is 2.80. The van der Waals surface area contributed by atoms with Crippen LogP contribution in [0.1, 0.15) is 42.8 Å². The predicted octanol–water partition coefficient (Wildman–Crippen LogP) is 3.13. The van der Waals surface area contributed by atoms with Crippen LogP contribution in [0.15, 0.2) is 6.07 Å². The molecule has 0 amide bonds. The Morgan fingerprint density at radius 2 is 2.44 bits per heavy atom. The van der Waals surface area contributed by atoms with E-state index in [0.29, 0.717) is 16.6 Å². The third-order valence-corrected chi connectivity index (χ3v) is 4.17. The van der Waals surface area contributed by atoms with Crippen molar-refractivity contribution in [3.8, 4) is 0 Å². The fourth-order valence-electron chi connectivity index (χ4n) is 2.05. The zero-order valence-corrected chi connectivity index (χ0v) is 10.6. The van der Waals surface area contributed by atoms with E-state index in [1.54, 1.807) is 6.92 Å². The molecule has 1 saturated carbocycles. The monoisotopic (exact) mass is 238 g/mol. The summed E-state index contributed by atoms with van der Waals surface area (Å²) < 4.78 is 0. The fourth-order valence-corrected chi connectivity index (χ4v) is 2.98. The number of hydrogen-bond donors (Lipinski definition) is 2. The second-order valence-corrected chi connectivity index (χ2v) is 5.54. The fraction of sp³-hybridized carbons (Fsp3) is 0.583.